The van der Waals surface area contributed by atoms with Gasteiger partial charge < -0.3 is 19.2 Å². The first kappa shape index (κ1) is 22.9. The second-order valence-electron chi connectivity index (χ2n) is 7.23. The fourth-order valence-corrected chi connectivity index (χ4v) is 3.08. The number of ether oxygens (including phenoxy) is 2. The van der Waals surface area contributed by atoms with Crippen molar-refractivity contribution in [2.24, 2.45) is 0 Å². The Morgan fingerprint density at radius 1 is 1.12 bits per heavy atom. The zero-order valence-electron chi connectivity index (χ0n) is 18.2. The van der Waals surface area contributed by atoms with Gasteiger partial charge in [-0.25, -0.2) is 5.48 Å². The summed E-state index contributed by atoms with van der Waals surface area (Å²) in [6, 6.07) is 13.5. The van der Waals surface area contributed by atoms with E-state index in [9.17, 15) is 9.59 Å². The highest BCUT2D eigenvalue weighted by atomic mass is 16.5. The Labute approximate surface area is 185 Å². The molecule has 1 aromatic heterocycles. The molecule has 0 aliphatic carbocycles. The lowest BCUT2D eigenvalue weighted by Crippen LogP contribution is -2.37. The third-order valence-corrected chi connectivity index (χ3v) is 4.97. The van der Waals surface area contributed by atoms with Crippen LogP contribution in [0.4, 0.5) is 0 Å². The molecule has 3 rings (SSSR count). The van der Waals surface area contributed by atoms with Crippen LogP contribution in [0.25, 0.3) is 16.5 Å². The summed E-state index contributed by atoms with van der Waals surface area (Å²) in [4.78, 5) is 23.9. The molecule has 0 saturated carbocycles. The van der Waals surface area contributed by atoms with Crippen molar-refractivity contribution in [2.45, 2.75) is 26.3 Å². The van der Waals surface area contributed by atoms with E-state index in [0.717, 1.165) is 16.7 Å². The summed E-state index contributed by atoms with van der Waals surface area (Å²) in [5.41, 5.74) is 3.31. The van der Waals surface area contributed by atoms with Gasteiger partial charge in [0.15, 0.2) is 0 Å². The van der Waals surface area contributed by atoms with Gasteiger partial charge in [-0.2, -0.15) is 0 Å². The topological polar surface area (TPSA) is 110 Å². The van der Waals surface area contributed by atoms with Gasteiger partial charge in [-0.05, 0) is 67.4 Å². The van der Waals surface area contributed by atoms with Crippen LogP contribution < -0.4 is 20.3 Å². The zero-order chi connectivity index (χ0) is 23.1. The number of hydroxylamine groups is 1. The third kappa shape index (κ3) is 5.67. The molecule has 0 aliphatic rings. The van der Waals surface area contributed by atoms with Crippen LogP contribution in [0, 0.1) is 0 Å². The molecular formula is C24H26N2O6. The summed E-state index contributed by atoms with van der Waals surface area (Å²) in [5.74, 6) is 1.06. The maximum atomic E-state index is 12.5. The molecule has 0 saturated heterocycles. The summed E-state index contributed by atoms with van der Waals surface area (Å²) >= 11 is 0. The summed E-state index contributed by atoms with van der Waals surface area (Å²) in [6.07, 6.45) is 2.17. The van der Waals surface area contributed by atoms with E-state index in [0.29, 0.717) is 29.1 Å². The molecule has 3 N–H and O–H groups in total. The van der Waals surface area contributed by atoms with E-state index in [1.807, 2.05) is 38.1 Å². The van der Waals surface area contributed by atoms with Crippen LogP contribution in [0.15, 0.2) is 59.0 Å². The predicted octanol–water partition coefficient (Wildman–Crippen LogP) is 3.94. The number of allylic oxidation sites excluding steroid dienone is 1. The molecule has 1 atom stereocenters. The predicted molar refractivity (Wildman–Crippen MR) is 120 cm³/mol. The van der Waals surface area contributed by atoms with Gasteiger partial charge in [-0.3, -0.25) is 14.8 Å². The number of hydrogen-bond acceptors (Lipinski definition) is 6. The maximum Gasteiger partial charge on any atom is 0.274 e. The molecule has 8 heteroatoms. The minimum absolute atomic E-state index is 0.202. The molecule has 2 aromatic carbocycles. The summed E-state index contributed by atoms with van der Waals surface area (Å²) in [6.45, 7) is 4.04. The maximum absolute atomic E-state index is 12.5. The second kappa shape index (κ2) is 10.5. The van der Waals surface area contributed by atoms with Crippen molar-refractivity contribution in [1.82, 2.24) is 10.8 Å². The molecule has 1 heterocycles. The molecule has 168 valence electrons. The SMILES string of the molecule is CC[C@@H](COc1ccc(C(=O)NO)cc1)NC(=O)/C=C(\C)c1cc2cc(OC)ccc2o1. The van der Waals surface area contributed by atoms with E-state index in [1.165, 1.54) is 18.2 Å². The van der Waals surface area contributed by atoms with E-state index >= 15 is 0 Å². The number of nitrogens with one attached hydrogen (secondary N) is 2. The quantitative estimate of drug-likeness (QED) is 0.265. The van der Waals surface area contributed by atoms with Crippen molar-refractivity contribution in [3.8, 4) is 11.5 Å². The first-order chi connectivity index (χ1) is 15.4. The van der Waals surface area contributed by atoms with Gasteiger partial charge in [0, 0.05) is 17.0 Å². The highest BCUT2D eigenvalue weighted by Gasteiger charge is 2.13. The summed E-state index contributed by atoms with van der Waals surface area (Å²) in [5, 5.41) is 12.5. The van der Waals surface area contributed by atoms with Crippen molar-refractivity contribution in [3.05, 3.63) is 65.9 Å². The standard InChI is InChI=1S/C24H26N2O6/c1-4-18(14-31-19-7-5-16(6-8-19)24(28)26-29)25-23(27)11-15(2)22-13-17-12-20(30-3)9-10-21(17)32-22/h5-13,18,29H,4,14H2,1-3H3,(H,25,27)(H,26,28)/b15-11+/t18-/m0/s1. The fourth-order valence-electron chi connectivity index (χ4n) is 3.08. The number of methoxy groups -OCH3 is 1. The van der Waals surface area contributed by atoms with Crippen LogP contribution in [0.2, 0.25) is 0 Å². The lowest BCUT2D eigenvalue weighted by atomic mass is 10.1. The van der Waals surface area contributed by atoms with Crippen molar-refractivity contribution in [1.29, 1.82) is 0 Å². The molecule has 32 heavy (non-hydrogen) atoms. The molecule has 0 spiro atoms. The van der Waals surface area contributed by atoms with Crippen molar-refractivity contribution in [3.63, 3.8) is 0 Å². The van der Waals surface area contributed by atoms with Gasteiger partial charge in [0.25, 0.3) is 5.91 Å². The highest BCUT2D eigenvalue weighted by Crippen LogP contribution is 2.27. The first-order valence-corrected chi connectivity index (χ1v) is 10.2. The number of carbonyl (C=O) groups is 2. The molecule has 0 aliphatic heterocycles. The average molecular weight is 438 g/mol. The minimum atomic E-state index is -0.596. The largest absolute Gasteiger partial charge is 0.497 e. The number of benzene rings is 2. The molecule has 0 unspecified atom stereocenters. The van der Waals surface area contributed by atoms with Crippen molar-refractivity contribution < 1.29 is 28.7 Å². The van der Waals surface area contributed by atoms with Gasteiger partial charge >= 0.3 is 0 Å². The molecule has 8 nitrogen and oxygen atoms in total. The number of hydrogen-bond donors (Lipinski definition) is 3. The normalized spacial score (nSPS) is 12.3. The van der Waals surface area contributed by atoms with E-state index < -0.39 is 5.91 Å². The Balaban J connectivity index is 1.59. The van der Waals surface area contributed by atoms with E-state index in [4.69, 9.17) is 19.1 Å². The number of fused-ring (bicyclic) bond motifs is 1. The molecule has 0 radical (unpaired) electrons. The second-order valence-corrected chi connectivity index (χ2v) is 7.23. The molecular weight excluding hydrogens is 412 g/mol. The third-order valence-electron chi connectivity index (χ3n) is 4.97. The van der Waals surface area contributed by atoms with Crippen LogP contribution in [0.1, 0.15) is 36.4 Å². The van der Waals surface area contributed by atoms with Gasteiger partial charge in [-0.15, -0.1) is 0 Å². The molecule has 0 fully saturated rings. The van der Waals surface area contributed by atoms with E-state index in [1.54, 1.807) is 24.7 Å². The minimum Gasteiger partial charge on any atom is -0.497 e. The Morgan fingerprint density at radius 2 is 1.84 bits per heavy atom. The van der Waals surface area contributed by atoms with Crippen molar-refractivity contribution in [2.75, 3.05) is 13.7 Å². The Kier molecular flexibility index (Phi) is 7.51. The summed E-state index contributed by atoms with van der Waals surface area (Å²) in [7, 11) is 1.61. The number of amides is 2. The van der Waals surface area contributed by atoms with Gasteiger partial charge in [0.2, 0.25) is 5.91 Å². The number of furan rings is 1. The van der Waals surface area contributed by atoms with Gasteiger partial charge in [0.05, 0.1) is 13.2 Å². The highest BCUT2D eigenvalue weighted by molar-refractivity contribution is 5.95. The van der Waals surface area contributed by atoms with Crippen molar-refractivity contribution >= 4 is 28.4 Å². The Morgan fingerprint density at radius 3 is 2.50 bits per heavy atom. The Hall–Kier alpha value is -3.78. The van der Waals surface area contributed by atoms with E-state index in [-0.39, 0.29) is 18.6 Å². The number of rotatable bonds is 9. The monoisotopic (exact) mass is 438 g/mol. The Bertz CT molecular complexity index is 1120. The lowest BCUT2D eigenvalue weighted by molar-refractivity contribution is -0.117. The van der Waals surface area contributed by atoms with Gasteiger partial charge in [0.1, 0.15) is 29.4 Å². The zero-order valence-corrected chi connectivity index (χ0v) is 18.2. The van der Waals surface area contributed by atoms with Crippen LogP contribution in [-0.2, 0) is 4.79 Å². The molecule has 3 aromatic rings. The smallest absolute Gasteiger partial charge is 0.274 e. The van der Waals surface area contributed by atoms with Crippen LogP contribution in [0.5, 0.6) is 11.5 Å². The molecule has 2 amide bonds. The van der Waals surface area contributed by atoms with Crippen LogP contribution in [-0.4, -0.2) is 36.8 Å². The summed E-state index contributed by atoms with van der Waals surface area (Å²) < 4.78 is 16.8. The van der Waals surface area contributed by atoms with E-state index in [2.05, 4.69) is 5.32 Å². The lowest BCUT2D eigenvalue weighted by Gasteiger charge is -2.17. The van der Waals surface area contributed by atoms with Gasteiger partial charge in [-0.1, -0.05) is 6.92 Å². The van der Waals surface area contributed by atoms with Crippen LogP contribution in [0.3, 0.4) is 0 Å². The average Bonchev–Trinajstić information content (AvgIpc) is 3.25. The molecule has 0 bridgehead atoms. The van der Waals surface area contributed by atoms with Crippen LogP contribution >= 0.6 is 0 Å². The fraction of sp³-hybridized carbons (Fsp3) is 0.250. The first-order valence-electron chi connectivity index (χ1n) is 10.2. The number of carbonyl (C=O) groups excluding carboxylic acids is 2.